The molecule has 0 amide bonds. The lowest BCUT2D eigenvalue weighted by Gasteiger charge is -2.11. The molecule has 0 aliphatic heterocycles. The summed E-state index contributed by atoms with van der Waals surface area (Å²) in [6, 6.07) is 13.6. The predicted molar refractivity (Wildman–Crippen MR) is 107 cm³/mol. The Morgan fingerprint density at radius 2 is 1.76 bits per heavy atom. The van der Waals surface area contributed by atoms with Crippen LogP contribution < -0.4 is 10.6 Å². The highest BCUT2D eigenvalue weighted by atomic mass is 16.5. The summed E-state index contributed by atoms with van der Waals surface area (Å²) in [5, 5.41) is 13.9. The van der Waals surface area contributed by atoms with Crippen molar-refractivity contribution >= 4 is 35.1 Å². The van der Waals surface area contributed by atoms with Crippen molar-refractivity contribution in [3.05, 3.63) is 65.9 Å². The largest absolute Gasteiger partial charge is 0.465 e. The van der Waals surface area contributed by atoms with Crippen LogP contribution in [0.4, 0.5) is 23.1 Å². The van der Waals surface area contributed by atoms with Gasteiger partial charge in [0.1, 0.15) is 0 Å². The second-order valence-corrected chi connectivity index (χ2v) is 5.75. The van der Waals surface area contributed by atoms with Crippen LogP contribution in [0.2, 0.25) is 0 Å². The second-order valence-electron chi connectivity index (χ2n) is 5.75. The van der Waals surface area contributed by atoms with Crippen molar-refractivity contribution in [3.63, 3.8) is 0 Å². The monoisotopic (exact) mass is 393 g/mol. The zero-order valence-corrected chi connectivity index (χ0v) is 15.9. The van der Waals surface area contributed by atoms with Crippen LogP contribution >= 0.6 is 0 Å². The van der Waals surface area contributed by atoms with Crippen molar-refractivity contribution in [2.75, 3.05) is 24.4 Å². The summed E-state index contributed by atoms with van der Waals surface area (Å²) in [7, 11) is 1.33. The number of rotatable bonds is 7. The Balaban J connectivity index is 1.75. The number of carbonyl (C=O) groups excluding carboxylic acids is 2. The molecule has 3 rings (SSSR count). The van der Waals surface area contributed by atoms with Crippen molar-refractivity contribution in [3.8, 4) is 0 Å². The number of hydrogen-bond acceptors (Lipinski definition) is 9. The number of carbonyl (C=O) groups is 2. The fourth-order valence-corrected chi connectivity index (χ4v) is 2.47. The molecular weight excluding hydrogens is 374 g/mol. The third kappa shape index (κ3) is 5.04. The van der Waals surface area contributed by atoms with Crippen molar-refractivity contribution < 1.29 is 19.1 Å². The van der Waals surface area contributed by atoms with Gasteiger partial charge in [-0.25, -0.2) is 9.59 Å². The zero-order valence-electron chi connectivity index (χ0n) is 15.9. The number of aromatic nitrogens is 3. The van der Waals surface area contributed by atoms with E-state index in [0.29, 0.717) is 28.3 Å². The summed E-state index contributed by atoms with van der Waals surface area (Å²) in [4.78, 5) is 27.9. The van der Waals surface area contributed by atoms with Crippen LogP contribution in [0.1, 0.15) is 27.6 Å². The molecule has 0 spiro atoms. The van der Waals surface area contributed by atoms with Gasteiger partial charge in [0.05, 0.1) is 36.7 Å². The molecule has 0 atom stereocenters. The molecule has 3 aromatic rings. The van der Waals surface area contributed by atoms with Gasteiger partial charge in [0.25, 0.3) is 0 Å². The summed E-state index contributed by atoms with van der Waals surface area (Å²) in [6.07, 6.45) is 1.46. The Kier molecular flexibility index (Phi) is 6.31. The van der Waals surface area contributed by atoms with Gasteiger partial charge in [-0.2, -0.15) is 10.1 Å². The summed E-state index contributed by atoms with van der Waals surface area (Å²) in [5.74, 6) is -0.213. The summed E-state index contributed by atoms with van der Waals surface area (Å²) < 4.78 is 9.74. The van der Waals surface area contributed by atoms with Crippen LogP contribution in [0.25, 0.3) is 0 Å². The van der Waals surface area contributed by atoms with Crippen molar-refractivity contribution in [1.82, 2.24) is 15.2 Å². The van der Waals surface area contributed by atoms with Gasteiger partial charge >= 0.3 is 11.9 Å². The first kappa shape index (κ1) is 19.7. The highest BCUT2D eigenvalue weighted by Gasteiger charge is 2.13. The summed E-state index contributed by atoms with van der Waals surface area (Å²) in [5.41, 5.74) is 2.02. The van der Waals surface area contributed by atoms with Crippen LogP contribution in [-0.4, -0.2) is 40.8 Å². The van der Waals surface area contributed by atoms with Crippen LogP contribution in [-0.2, 0) is 9.47 Å². The van der Waals surface area contributed by atoms with E-state index in [0.717, 1.165) is 0 Å². The highest BCUT2D eigenvalue weighted by molar-refractivity contribution is 5.96. The molecule has 0 radical (unpaired) electrons. The molecule has 0 saturated carbocycles. The number of nitrogens with one attached hydrogen (secondary N) is 2. The number of methoxy groups -OCH3 is 1. The predicted octanol–water partition coefficient (Wildman–Crippen LogP) is 3.32. The van der Waals surface area contributed by atoms with Gasteiger partial charge in [-0.15, -0.1) is 5.10 Å². The maximum atomic E-state index is 12.1. The third-order valence-corrected chi connectivity index (χ3v) is 3.81. The molecule has 9 nitrogen and oxygen atoms in total. The van der Waals surface area contributed by atoms with E-state index in [1.165, 1.54) is 13.3 Å². The van der Waals surface area contributed by atoms with Gasteiger partial charge in [0.15, 0.2) is 5.82 Å². The van der Waals surface area contributed by atoms with Crippen LogP contribution in [0.3, 0.4) is 0 Å². The maximum absolute atomic E-state index is 12.1. The zero-order chi connectivity index (χ0) is 20.6. The average molecular weight is 393 g/mol. The number of anilines is 4. The SMILES string of the molecule is CCOC(=O)c1ccccc1Nc1nncc(Nc2ccc(C(=O)OC)cc2)n1. The fraction of sp³-hybridized carbons (Fsp3) is 0.150. The standard InChI is InChI=1S/C20H19N5O4/c1-3-29-19(27)15-6-4-5-7-16(15)23-20-24-17(12-21-25-20)22-14-10-8-13(9-11-14)18(26)28-2/h4-12H,3H2,1-2H3,(H2,22,23,24,25). The lowest BCUT2D eigenvalue weighted by molar-refractivity contribution is 0.0526. The molecule has 0 saturated heterocycles. The smallest absolute Gasteiger partial charge is 0.340 e. The van der Waals surface area contributed by atoms with E-state index >= 15 is 0 Å². The summed E-state index contributed by atoms with van der Waals surface area (Å²) in [6.45, 7) is 2.02. The molecule has 0 fully saturated rings. The van der Waals surface area contributed by atoms with E-state index < -0.39 is 11.9 Å². The van der Waals surface area contributed by atoms with Gasteiger partial charge < -0.3 is 20.1 Å². The van der Waals surface area contributed by atoms with Crippen LogP contribution in [0, 0.1) is 0 Å². The van der Waals surface area contributed by atoms with Crippen LogP contribution in [0.5, 0.6) is 0 Å². The number of para-hydroxylation sites is 1. The molecule has 9 heteroatoms. The van der Waals surface area contributed by atoms with E-state index in [1.807, 2.05) is 0 Å². The van der Waals surface area contributed by atoms with E-state index in [4.69, 9.17) is 4.74 Å². The fourth-order valence-electron chi connectivity index (χ4n) is 2.47. The Morgan fingerprint density at radius 1 is 1.00 bits per heavy atom. The quantitative estimate of drug-likeness (QED) is 0.583. The normalized spacial score (nSPS) is 10.1. The Morgan fingerprint density at radius 3 is 2.48 bits per heavy atom. The lowest BCUT2D eigenvalue weighted by Crippen LogP contribution is -2.09. The van der Waals surface area contributed by atoms with E-state index in [2.05, 4.69) is 30.6 Å². The van der Waals surface area contributed by atoms with Crippen molar-refractivity contribution in [2.24, 2.45) is 0 Å². The van der Waals surface area contributed by atoms with Crippen molar-refractivity contribution in [1.29, 1.82) is 0 Å². The lowest BCUT2D eigenvalue weighted by atomic mass is 10.2. The minimum atomic E-state index is -0.441. The number of esters is 2. The van der Waals surface area contributed by atoms with Gasteiger partial charge in [-0.05, 0) is 43.3 Å². The Bertz CT molecular complexity index is 1010. The number of ether oxygens (including phenoxy) is 2. The molecule has 0 aliphatic carbocycles. The maximum Gasteiger partial charge on any atom is 0.340 e. The van der Waals surface area contributed by atoms with Crippen LogP contribution in [0.15, 0.2) is 54.7 Å². The molecule has 2 N–H and O–H groups in total. The first-order valence-corrected chi connectivity index (χ1v) is 8.79. The topological polar surface area (TPSA) is 115 Å². The van der Waals surface area contributed by atoms with Gasteiger partial charge in [-0.1, -0.05) is 12.1 Å². The number of nitrogens with zero attached hydrogens (tertiary/aromatic N) is 3. The molecule has 1 aromatic heterocycles. The first-order chi connectivity index (χ1) is 14.1. The minimum absolute atomic E-state index is 0.206. The average Bonchev–Trinajstić information content (AvgIpc) is 2.74. The molecule has 148 valence electrons. The number of hydrogen-bond donors (Lipinski definition) is 2. The molecule has 0 bridgehead atoms. The third-order valence-electron chi connectivity index (χ3n) is 3.81. The van der Waals surface area contributed by atoms with Gasteiger partial charge in [-0.3, -0.25) is 0 Å². The van der Waals surface area contributed by atoms with Gasteiger partial charge in [0.2, 0.25) is 5.95 Å². The second kappa shape index (κ2) is 9.27. The van der Waals surface area contributed by atoms with Gasteiger partial charge in [0, 0.05) is 5.69 Å². The molecular formula is C20H19N5O4. The molecule has 1 heterocycles. The minimum Gasteiger partial charge on any atom is -0.465 e. The van der Waals surface area contributed by atoms with E-state index in [1.54, 1.807) is 55.5 Å². The first-order valence-electron chi connectivity index (χ1n) is 8.79. The van der Waals surface area contributed by atoms with Crippen molar-refractivity contribution in [2.45, 2.75) is 6.92 Å². The highest BCUT2D eigenvalue weighted by Crippen LogP contribution is 2.21. The molecule has 29 heavy (non-hydrogen) atoms. The Hall–Kier alpha value is -4.01. The van der Waals surface area contributed by atoms with E-state index in [-0.39, 0.29) is 12.6 Å². The number of benzene rings is 2. The summed E-state index contributed by atoms with van der Waals surface area (Å²) >= 11 is 0. The molecule has 0 aliphatic rings. The van der Waals surface area contributed by atoms with E-state index in [9.17, 15) is 9.59 Å². The molecule has 0 unspecified atom stereocenters. The molecule has 2 aromatic carbocycles. The Labute approximate surface area is 167 Å².